The van der Waals surface area contributed by atoms with E-state index in [-0.39, 0.29) is 6.10 Å². The van der Waals surface area contributed by atoms with Crippen molar-refractivity contribution in [3.63, 3.8) is 0 Å². The first-order chi connectivity index (χ1) is 9.67. The lowest BCUT2D eigenvalue weighted by molar-refractivity contribution is 0.0532. The summed E-state index contributed by atoms with van der Waals surface area (Å²) in [6, 6.07) is 8.35. The maximum absolute atomic E-state index is 5.60. The Morgan fingerprint density at radius 1 is 1.35 bits per heavy atom. The van der Waals surface area contributed by atoms with Crippen molar-refractivity contribution in [1.29, 1.82) is 0 Å². The summed E-state index contributed by atoms with van der Waals surface area (Å²) in [7, 11) is 1.71. The Bertz CT molecular complexity index is 627. The molecule has 1 fully saturated rings. The summed E-state index contributed by atoms with van der Waals surface area (Å²) in [5, 5.41) is 1.06. The van der Waals surface area contributed by atoms with Crippen molar-refractivity contribution in [2.75, 3.05) is 31.7 Å². The minimum atomic E-state index is 0.275. The van der Waals surface area contributed by atoms with E-state index >= 15 is 0 Å². The van der Waals surface area contributed by atoms with Gasteiger partial charge in [0.2, 0.25) is 0 Å². The molecule has 1 aliphatic heterocycles. The highest BCUT2D eigenvalue weighted by atomic mass is 16.5. The van der Waals surface area contributed by atoms with E-state index < -0.39 is 0 Å². The molecule has 106 valence electrons. The lowest BCUT2D eigenvalue weighted by Crippen LogP contribution is -2.41. The molecular weight excluding hydrogens is 252 g/mol. The first-order valence-electron chi connectivity index (χ1n) is 6.99. The van der Waals surface area contributed by atoms with Crippen molar-refractivity contribution >= 4 is 16.6 Å². The van der Waals surface area contributed by atoms with Crippen LogP contribution in [0.25, 0.3) is 10.9 Å². The van der Waals surface area contributed by atoms with E-state index in [1.54, 1.807) is 7.11 Å². The largest absolute Gasteiger partial charge is 0.496 e. The van der Waals surface area contributed by atoms with Gasteiger partial charge in [-0.1, -0.05) is 0 Å². The molecule has 1 saturated heterocycles. The summed E-state index contributed by atoms with van der Waals surface area (Å²) < 4.78 is 11.1. The number of pyridine rings is 1. The van der Waals surface area contributed by atoms with E-state index in [0.717, 1.165) is 42.0 Å². The molecule has 20 heavy (non-hydrogen) atoms. The van der Waals surface area contributed by atoms with Gasteiger partial charge in [-0.15, -0.1) is 0 Å². The number of anilines is 1. The highest BCUT2D eigenvalue weighted by molar-refractivity contribution is 5.88. The Labute approximate surface area is 119 Å². The molecule has 0 bridgehead atoms. The first kappa shape index (κ1) is 13.2. The third-order valence-electron chi connectivity index (χ3n) is 3.71. The smallest absolute Gasteiger partial charge is 0.130 e. The van der Waals surface area contributed by atoms with Crippen LogP contribution in [0.1, 0.15) is 12.6 Å². The standard InChI is InChI=1S/C16H20N2O2/c1-11-8-16(19-3)14-9-13(4-5-15(14)17-11)18-6-7-20-12(2)10-18/h4-5,8-9,12H,6-7,10H2,1-3H3. The highest BCUT2D eigenvalue weighted by Crippen LogP contribution is 2.29. The third-order valence-corrected chi connectivity index (χ3v) is 3.71. The molecule has 0 amide bonds. The summed E-state index contributed by atoms with van der Waals surface area (Å²) in [4.78, 5) is 6.92. The minimum Gasteiger partial charge on any atom is -0.496 e. The van der Waals surface area contributed by atoms with Crippen LogP contribution in [0.2, 0.25) is 0 Å². The Morgan fingerprint density at radius 2 is 2.20 bits per heavy atom. The first-order valence-corrected chi connectivity index (χ1v) is 6.99. The zero-order valence-corrected chi connectivity index (χ0v) is 12.2. The average molecular weight is 272 g/mol. The molecule has 0 N–H and O–H groups in total. The molecule has 0 aliphatic carbocycles. The molecule has 4 heteroatoms. The Balaban J connectivity index is 2.03. The van der Waals surface area contributed by atoms with E-state index in [1.165, 1.54) is 5.69 Å². The summed E-state index contributed by atoms with van der Waals surface area (Å²) in [5.74, 6) is 0.885. The van der Waals surface area contributed by atoms with Crippen LogP contribution in [0.5, 0.6) is 5.75 Å². The lowest BCUT2D eigenvalue weighted by Gasteiger charge is -2.33. The van der Waals surface area contributed by atoms with Gasteiger partial charge in [-0.25, -0.2) is 0 Å². The zero-order valence-electron chi connectivity index (χ0n) is 12.2. The van der Waals surface area contributed by atoms with Crippen LogP contribution < -0.4 is 9.64 Å². The Hall–Kier alpha value is -1.81. The molecule has 2 heterocycles. The molecule has 2 aromatic rings. The summed E-state index contributed by atoms with van der Waals surface area (Å²) in [6.07, 6.45) is 0.275. The number of rotatable bonds is 2. The van der Waals surface area contributed by atoms with Crippen molar-refractivity contribution in [2.24, 2.45) is 0 Å². The number of methoxy groups -OCH3 is 1. The van der Waals surface area contributed by atoms with Gasteiger partial charge in [-0.3, -0.25) is 4.98 Å². The van der Waals surface area contributed by atoms with Gasteiger partial charge in [0.25, 0.3) is 0 Å². The van der Waals surface area contributed by atoms with Crippen LogP contribution in [0.15, 0.2) is 24.3 Å². The fourth-order valence-electron chi connectivity index (χ4n) is 2.73. The summed E-state index contributed by atoms with van der Waals surface area (Å²) >= 11 is 0. The zero-order chi connectivity index (χ0) is 14.1. The fourth-order valence-corrected chi connectivity index (χ4v) is 2.73. The summed E-state index contributed by atoms with van der Waals surface area (Å²) in [5.41, 5.74) is 3.16. The Kier molecular flexibility index (Phi) is 3.49. The van der Waals surface area contributed by atoms with E-state index in [2.05, 4.69) is 35.0 Å². The average Bonchev–Trinajstić information content (AvgIpc) is 2.46. The normalized spacial score (nSPS) is 19.4. The molecule has 4 nitrogen and oxygen atoms in total. The molecule has 0 spiro atoms. The molecule has 1 unspecified atom stereocenters. The Morgan fingerprint density at radius 3 is 2.95 bits per heavy atom. The molecule has 1 aromatic carbocycles. The monoisotopic (exact) mass is 272 g/mol. The number of morpholine rings is 1. The number of ether oxygens (including phenoxy) is 2. The predicted octanol–water partition coefficient (Wildman–Crippen LogP) is 2.78. The van der Waals surface area contributed by atoms with Gasteiger partial charge in [0.1, 0.15) is 5.75 Å². The third kappa shape index (κ3) is 2.43. The van der Waals surface area contributed by atoms with E-state index in [9.17, 15) is 0 Å². The van der Waals surface area contributed by atoms with Crippen molar-refractivity contribution < 1.29 is 9.47 Å². The quantitative estimate of drug-likeness (QED) is 0.842. The van der Waals surface area contributed by atoms with Crippen LogP contribution in [-0.2, 0) is 4.74 Å². The number of aromatic nitrogens is 1. The number of hydrogen-bond acceptors (Lipinski definition) is 4. The van der Waals surface area contributed by atoms with E-state index in [1.807, 2.05) is 13.0 Å². The van der Waals surface area contributed by atoms with Crippen LogP contribution in [0, 0.1) is 6.92 Å². The fraction of sp³-hybridized carbons (Fsp3) is 0.438. The van der Waals surface area contributed by atoms with Crippen molar-refractivity contribution in [1.82, 2.24) is 4.98 Å². The molecule has 1 atom stereocenters. The molecule has 1 aliphatic rings. The van der Waals surface area contributed by atoms with Gasteiger partial charge < -0.3 is 14.4 Å². The molecule has 0 radical (unpaired) electrons. The molecular formula is C16H20N2O2. The second kappa shape index (κ2) is 5.29. The number of benzene rings is 1. The van der Waals surface area contributed by atoms with Gasteiger partial charge >= 0.3 is 0 Å². The maximum atomic E-state index is 5.60. The van der Waals surface area contributed by atoms with Crippen LogP contribution in [0.3, 0.4) is 0 Å². The molecule has 1 aromatic heterocycles. The van der Waals surface area contributed by atoms with E-state index in [0.29, 0.717) is 0 Å². The topological polar surface area (TPSA) is 34.6 Å². The van der Waals surface area contributed by atoms with Crippen molar-refractivity contribution in [2.45, 2.75) is 20.0 Å². The van der Waals surface area contributed by atoms with Gasteiger partial charge in [-0.2, -0.15) is 0 Å². The van der Waals surface area contributed by atoms with Crippen LogP contribution in [0.4, 0.5) is 5.69 Å². The van der Waals surface area contributed by atoms with Crippen LogP contribution >= 0.6 is 0 Å². The molecule has 0 saturated carbocycles. The number of hydrogen-bond donors (Lipinski definition) is 0. The van der Waals surface area contributed by atoms with Gasteiger partial charge in [-0.05, 0) is 32.0 Å². The number of fused-ring (bicyclic) bond motifs is 1. The van der Waals surface area contributed by atoms with Crippen molar-refractivity contribution in [3.8, 4) is 5.75 Å². The highest BCUT2D eigenvalue weighted by Gasteiger charge is 2.17. The van der Waals surface area contributed by atoms with Crippen LogP contribution in [-0.4, -0.2) is 37.9 Å². The van der Waals surface area contributed by atoms with Gasteiger partial charge in [0, 0.05) is 35.9 Å². The van der Waals surface area contributed by atoms with E-state index in [4.69, 9.17) is 9.47 Å². The van der Waals surface area contributed by atoms with Crippen molar-refractivity contribution in [3.05, 3.63) is 30.0 Å². The second-order valence-corrected chi connectivity index (χ2v) is 5.29. The lowest BCUT2D eigenvalue weighted by atomic mass is 10.1. The maximum Gasteiger partial charge on any atom is 0.130 e. The van der Waals surface area contributed by atoms with Gasteiger partial charge in [0.15, 0.2) is 0 Å². The van der Waals surface area contributed by atoms with Gasteiger partial charge in [0.05, 0.1) is 25.3 Å². The molecule has 3 rings (SSSR count). The number of nitrogens with zero attached hydrogens (tertiary/aromatic N) is 2. The summed E-state index contributed by atoms with van der Waals surface area (Å²) in [6.45, 7) is 6.73. The minimum absolute atomic E-state index is 0.275. The predicted molar refractivity (Wildman–Crippen MR) is 80.7 cm³/mol. The SMILES string of the molecule is COc1cc(C)nc2ccc(N3CCOC(C)C3)cc12. The number of aryl methyl sites for hydroxylation is 1. The second-order valence-electron chi connectivity index (χ2n) is 5.29.